The molecule has 0 aliphatic heterocycles. The monoisotopic (exact) mass is 333 g/mol. The molecule has 24 heavy (non-hydrogen) atoms. The van der Waals surface area contributed by atoms with Crippen molar-refractivity contribution in [3.63, 3.8) is 0 Å². The van der Waals surface area contributed by atoms with Crippen molar-refractivity contribution in [2.75, 3.05) is 19.0 Å². The highest BCUT2D eigenvalue weighted by atomic mass is 16.5. The van der Waals surface area contributed by atoms with Gasteiger partial charge in [0.05, 0.1) is 7.11 Å². The van der Waals surface area contributed by atoms with Crippen LogP contribution in [0.1, 0.15) is 0 Å². The third-order valence-corrected chi connectivity index (χ3v) is 2.91. The van der Waals surface area contributed by atoms with Crippen LogP contribution in [0.5, 0.6) is 5.75 Å². The molecule has 0 bridgehead atoms. The van der Waals surface area contributed by atoms with E-state index < -0.39 is 36.3 Å². The second-order valence-corrected chi connectivity index (χ2v) is 4.68. The van der Waals surface area contributed by atoms with E-state index in [0.29, 0.717) is 11.4 Å². The summed E-state index contributed by atoms with van der Waals surface area (Å²) in [5.74, 6) is -0.752. The van der Waals surface area contributed by atoms with E-state index >= 15 is 0 Å². The van der Waals surface area contributed by atoms with Gasteiger partial charge in [-0.05, 0) is 12.1 Å². The molecule has 0 fully saturated rings. The number of carbonyl (C=O) groups excluding carboxylic acids is 2. The van der Waals surface area contributed by atoms with Crippen molar-refractivity contribution in [3.05, 3.63) is 57.4 Å². The van der Waals surface area contributed by atoms with Crippen molar-refractivity contribution in [1.82, 2.24) is 9.55 Å². The van der Waals surface area contributed by atoms with Crippen molar-refractivity contribution in [2.24, 2.45) is 0 Å². The van der Waals surface area contributed by atoms with Gasteiger partial charge in [0.25, 0.3) is 11.5 Å². The number of hydrogen-bond donors (Lipinski definition) is 2. The normalized spacial score (nSPS) is 10.0. The fourth-order valence-electron chi connectivity index (χ4n) is 1.80. The fourth-order valence-corrected chi connectivity index (χ4v) is 1.80. The van der Waals surface area contributed by atoms with Crippen LogP contribution in [-0.2, 0) is 20.9 Å². The number of aromatic nitrogens is 2. The van der Waals surface area contributed by atoms with E-state index in [1.54, 1.807) is 24.3 Å². The zero-order chi connectivity index (χ0) is 17.5. The molecule has 2 N–H and O–H groups in total. The number of carbonyl (C=O) groups is 2. The van der Waals surface area contributed by atoms with Gasteiger partial charge in [-0.1, -0.05) is 6.07 Å². The second-order valence-electron chi connectivity index (χ2n) is 4.68. The van der Waals surface area contributed by atoms with Crippen LogP contribution in [0.3, 0.4) is 0 Å². The third-order valence-electron chi connectivity index (χ3n) is 2.91. The molecule has 0 saturated carbocycles. The lowest BCUT2D eigenvalue weighted by Gasteiger charge is -2.08. The molecule has 0 atom stereocenters. The molecule has 0 unspecified atom stereocenters. The Labute approximate surface area is 135 Å². The van der Waals surface area contributed by atoms with Gasteiger partial charge in [0.15, 0.2) is 6.61 Å². The summed E-state index contributed by atoms with van der Waals surface area (Å²) in [7, 11) is 1.50. The molecule has 2 rings (SSSR count). The standard InChI is InChI=1S/C15H15N3O6/c1-23-11-4-2-3-10(7-11)16-13(20)9-24-14(21)8-18-6-5-12(19)17-15(18)22/h2-7H,8-9H2,1H3,(H,16,20)(H,17,19,22). The molecule has 1 aromatic heterocycles. The number of hydrogen-bond acceptors (Lipinski definition) is 6. The first-order valence-corrected chi connectivity index (χ1v) is 6.87. The van der Waals surface area contributed by atoms with Crippen molar-refractivity contribution >= 4 is 17.6 Å². The largest absolute Gasteiger partial charge is 0.497 e. The van der Waals surface area contributed by atoms with Crippen LogP contribution in [0.25, 0.3) is 0 Å². The van der Waals surface area contributed by atoms with Gasteiger partial charge in [0, 0.05) is 24.0 Å². The van der Waals surface area contributed by atoms with Crippen molar-refractivity contribution < 1.29 is 19.1 Å². The number of H-pyrrole nitrogens is 1. The maximum atomic E-state index is 11.7. The zero-order valence-corrected chi connectivity index (χ0v) is 12.8. The van der Waals surface area contributed by atoms with E-state index in [9.17, 15) is 19.2 Å². The lowest BCUT2D eigenvalue weighted by Crippen LogP contribution is -2.32. The number of nitrogens with zero attached hydrogens (tertiary/aromatic N) is 1. The molecular formula is C15H15N3O6. The number of ether oxygens (including phenoxy) is 2. The molecule has 126 valence electrons. The second kappa shape index (κ2) is 7.77. The number of nitrogens with one attached hydrogen (secondary N) is 2. The number of anilines is 1. The van der Waals surface area contributed by atoms with Crippen molar-refractivity contribution in [3.8, 4) is 5.75 Å². The number of amides is 1. The van der Waals surface area contributed by atoms with Crippen LogP contribution < -0.4 is 21.3 Å². The number of methoxy groups -OCH3 is 1. The molecular weight excluding hydrogens is 318 g/mol. The Kier molecular flexibility index (Phi) is 5.50. The molecule has 2 aromatic rings. The van der Waals surface area contributed by atoms with E-state index in [1.807, 2.05) is 4.98 Å². The first-order valence-electron chi connectivity index (χ1n) is 6.87. The van der Waals surface area contributed by atoms with Gasteiger partial charge in [-0.15, -0.1) is 0 Å². The molecule has 9 nitrogen and oxygen atoms in total. The lowest BCUT2D eigenvalue weighted by atomic mass is 10.3. The van der Waals surface area contributed by atoms with Crippen molar-refractivity contribution in [1.29, 1.82) is 0 Å². The zero-order valence-electron chi connectivity index (χ0n) is 12.8. The highest BCUT2D eigenvalue weighted by Gasteiger charge is 2.10. The Morgan fingerprint density at radius 3 is 2.75 bits per heavy atom. The Hall–Kier alpha value is -3.36. The van der Waals surface area contributed by atoms with Crippen LogP contribution >= 0.6 is 0 Å². The van der Waals surface area contributed by atoms with E-state index in [0.717, 1.165) is 10.6 Å². The van der Waals surface area contributed by atoms with Gasteiger partial charge < -0.3 is 14.8 Å². The minimum absolute atomic E-state index is 0.415. The molecule has 0 aliphatic carbocycles. The Balaban J connectivity index is 1.85. The molecule has 0 aliphatic rings. The quantitative estimate of drug-likeness (QED) is 0.702. The SMILES string of the molecule is COc1cccc(NC(=O)COC(=O)Cn2ccc(=O)[nH]c2=O)c1. The summed E-state index contributed by atoms with van der Waals surface area (Å²) in [4.78, 5) is 47.7. The lowest BCUT2D eigenvalue weighted by molar-refractivity contribution is -0.148. The van der Waals surface area contributed by atoms with E-state index in [-0.39, 0.29) is 0 Å². The smallest absolute Gasteiger partial charge is 0.328 e. The summed E-state index contributed by atoms with van der Waals surface area (Å²) in [6, 6.07) is 7.78. The van der Waals surface area contributed by atoms with Gasteiger partial charge >= 0.3 is 11.7 Å². The van der Waals surface area contributed by atoms with Gasteiger partial charge in [0.2, 0.25) is 0 Å². The summed E-state index contributed by atoms with van der Waals surface area (Å²) >= 11 is 0. The summed E-state index contributed by atoms with van der Waals surface area (Å²) in [6.45, 7) is -0.920. The summed E-state index contributed by atoms with van der Waals surface area (Å²) in [6.07, 6.45) is 1.17. The predicted octanol–water partition coefficient (Wildman–Crippen LogP) is -0.273. The maximum Gasteiger partial charge on any atom is 0.328 e. The molecule has 9 heteroatoms. The number of benzene rings is 1. The minimum Gasteiger partial charge on any atom is -0.497 e. The van der Waals surface area contributed by atoms with Crippen LogP contribution in [-0.4, -0.2) is 35.1 Å². The van der Waals surface area contributed by atoms with Crippen molar-refractivity contribution in [2.45, 2.75) is 6.54 Å². The van der Waals surface area contributed by atoms with E-state index in [4.69, 9.17) is 9.47 Å². The van der Waals surface area contributed by atoms with Crippen LogP contribution in [0.15, 0.2) is 46.1 Å². The molecule has 1 amide bonds. The Morgan fingerprint density at radius 1 is 1.25 bits per heavy atom. The van der Waals surface area contributed by atoms with Gasteiger partial charge in [0.1, 0.15) is 12.3 Å². The highest BCUT2D eigenvalue weighted by Crippen LogP contribution is 2.16. The fraction of sp³-hybridized carbons (Fsp3) is 0.200. The molecule has 0 saturated heterocycles. The molecule has 1 aromatic carbocycles. The highest BCUT2D eigenvalue weighted by molar-refractivity contribution is 5.92. The topological polar surface area (TPSA) is 119 Å². The summed E-state index contributed by atoms with van der Waals surface area (Å²) in [5.41, 5.74) is -0.810. The number of aromatic amines is 1. The van der Waals surface area contributed by atoms with Crippen LogP contribution in [0, 0.1) is 0 Å². The van der Waals surface area contributed by atoms with E-state index in [1.165, 1.54) is 13.3 Å². The van der Waals surface area contributed by atoms with Crippen LogP contribution in [0.2, 0.25) is 0 Å². The first-order chi connectivity index (χ1) is 11.5. The summed E-state index contributed by atoms with van der Waals surface area (Å²) < 4.78 is 10.8. The van der Waals surface area contributed by atoms with Gasteiger partial charge in [-0.2, -0.15) is 0 Å². The predicted molar refractivity (Wildman–Crippen MR) is 83.9 cm³/mol. The molecule has 0 radical (unpaired) electrons. The average Bonchev–Trinajstić information content (AvgIpc) is 2.56. The van der Waals surface area contributed by atoms with Gasteiger partial charge in [-0.25, -0.2) is 4.79 Å². The maximum absolute atomic E-state index is 11.7. The number of esters is 1. The first kappa shape index (κ1) is 17.0. The molecule has 1 heterocycles. The van der Waals surface area contributed by atoms with Gasteiger partial charge in [-0.3, -0.25) is 23.9 Å². The minimum atomic E-state index is -0.787. The Morgan fingerprint density at radius 2 is 2.04 bits per heavy atom. The average molecular weight is 333 g/mol. The molecule has 0 spiro atoms. The van der Waals surface area contributed by atoms with E-state index in [2.05, 4.69) is 5.32 Å². The third kappa shape index (κ3) is 4.83. The number of rotatable bonds is 6. The summed E-state index contributed by atoms with van der Waals surface area (Å²) in [5, 5.41) is 2.54. The van der Waals surface area contributed by atoms with Crippen LogP contribution in [0.4, 0.5) is 5.69 Å². The Bertz CT molecular complexity index is 855.